The van der Waals surface area contributed by atoms with Crippen LogP contribution in [0.2, 0.25) is 0 Å². The molecule has 0 amide bonds. The first-order chi connectivity index (χ1) is 17.2. The molecular weight excluding hydrogens is 456 g/mol. The van der Waals surface area contributed by atoms with E-state index in [9.17, 15) is 14.4 Å². The number of ether oxygens (including phenoxy) is 1. The highest BCUT2D eigenvalue weighted by Gasteiger charge is 2.40. The average Bonchev–Trinajstić information content (AvgIpc) is 3.57. The first-order valence-electron chi connectivity index (χ1n) is 12.8. The van der Waals surface area contributed by atoms with E-state index in [0.717, 1.165) is 24.2 Å². The van der Waals surface area contributed by atoms with E-state index >= 15 is 0 Å². The molecule has 1 aromatic carbocycles. The molecule has 0 spiro atoms. The molecule has 2 bridgehead atoms. The van der Waals surface area contributed by atoms with Crippen molar-refractivity contribution in [1.29, 1.82) is 0 Å². The third-order valence-corrected chi connectivity index (χ3v) is 7.32. The lowest BCUT2D eigenvalue weighted by molar-refractivity contribution is -0.156. The van der Waals surface area contributed by atoms with Crippen molar-refractivity contribution >= 4 is 17.1 Å². The number of aromatic nitrogens is 4. The van der Waals surface area contributed by atoms with Crippen LogP contribution < -0.4 is 11.2 Å². The van der Waals surface area contributed by atoms with Crippen LogP contribution in [0.4, 0.5) is 0 Å². The second kappa shape index (κ2) is 9.22. The third kappa shape index (κ3) is 4.22. The van der Waals surface area contributed by atoms with Crippen molar-refractivity contribution in [2.24, 2.45) is 17.3 Å². The van der Waals surface area contributed by atoms with Gasteiger partial charge in [-0.1, -0.05) is 49.4 Å². The van der Waals surface area contributed by atoms with E-state index in [2.05, 4.69) is 12.2 Å². The van der Waals surface area contributed by atoms with E-state index in [1.165, 1.54) is 4.57 Å². The predicted molar refractivity (Wildman–Crippen MR) is 138 cm³/mol. The smallest absolute Gasteiger partial charge is 0.333 e. The van der Waals surface area contributed by atoms with Crippen molar-refractivity contribution in [3.63, 3.8) is 0 Å². The van der Waals surface area contributed by atoms with Gasteiger partial charge in [-0.2, -0.15) is 0 Å². The standard InChI is InChI=1S/C28H34N4O4/c1-5-13-30-25(33)22-24(31(27(30)35)16-18-9-7-6-8-10-18)29-23(21-15-19-11-12-20(21)14-19)32(22)17-36-26(34)28(2,3)4/h6-12,19-21H,5,13-17H2,1-4H3/t19-,20+,21-/m1/s1. The molecule has 0 radical (unpaired) electrons. The van der Waals surface area contributed by atoms with Crippen LogP contribution in [0.5, 0.6) is 0 Å². The van der Waals surface area contributed by atoms with E-state index in [-0.39, 0.29) is 29.9 Å². The van der Waals surface area contributed by atoms with Gasteiger partial charge in [0.2, 0.25) is 0 Å². The van der Waals surface area contributed by atoms with Crippen LogP contribution in [-0.2, 0) is 29.4 Å². The number of rotatable bonds is 7. The zero-order valence-electron chi connectivity index (χ0n) is 21.4. The fraction of sp³-hybridized carbons (Fsp3) is 0.500. The topological polar surface area (TPSA) is 88.1 Å². The number of fused-ring (bicyclic) bond motifs is 3. The Bertz CT molecular complexity index is 1440. The van der Waals surface area contributed by atoms with Gasteiger partial charge in [0, 0.05) is 12.5 Å². The number of benzene rings is 1. The minimum absolute atomic E-state index is 0.107. The van der Waals surface area contributed by atoms with Gasteiger partial charge in [0.15, 0.2) is 17.9 Å². The molecule has 2 aliphatic carbocycles. The molecule has 2 heterocycles. The van der Waals surface area contributed by atoms with Crippen LogP contribution in [0.25, 0.3) is 11.2 Å². The average molecular weight is 491 g/mol. The van der Waals surface area contributed by atoms with E-state index in [1.54, 1.807) is 29.9 Å². The predicted octanol–water partition coefficient (Wildman–Crippen LogP) is 4.04. The maximum Gasteiger partial charge on any atom is 0.333 e. The number of hydrogen-bond acceptors (Lipinski definition) is 5. The Balaban J connectivity index is 1.72. The minimum Gasteiger partial charge on any atom is -0.443 e. The summed E-state index contributed by atoms with van der Waals surface area (Å²) in [5, 5.41) is 0. The zero-order valence-corrected chi connectivity index (χ0v) is 21.4. The van der Waals surface area contributed by atoms with Crippen molar-refractivity contribution in [3.8, 4) is 0 Å². The second-order valence-electron chi connectivity index (χ2n) is 11.1. The van der Waals surface area contributed by atoms with Gasteiger partial charge in [0.1, 0.15) is 5.82 Å². The Labute approximate surface area is 210 Å². The number of hydrogen-bond donors (Lipinski definition) is 0. The molecule has 8 heteroatoms. The van der Waals surface area contributed by atoms with Crippen molar-refractivity contribution in [1.82, 2.24) is 18.7 Å². The number of allylic oxidation sites excluding steroid dienone is 2. The van der Waals surface area contributed by atoms with Crippen LogP contribution >= 0.6 is 0 Å². The lowest BCUT2D eigenvalue weighted by Gasteiger charge is -2.21. The van der Waals surface area contributed by atoms with E-state index in [0.29, 0.717) is 42.5 Å². The molecule has 0 saturated heterocycles. The van der Waals surface area contributed by atoms with Gasteiger partial charge >= 0.3 is 11.7 Å². The highest BCUT2D eigenvalue weighted by molar-refractivity contribution is 5.75. The molecule has 2 aliphatic rings. The van der Waals surface area contributed by atoms with Gasteiger partial charge in [-0.15, -0.1) is 0 Å². The number of nitrogens with zero attached hydrogens (tertiary/aromatic N) is 4. The normalized spacial score (nSPS) is 20.9. The fourth-order valence-electron chi connectivity index (χ4n) is 5.47. The number of carbonyl (C=O) groups is 1. The Hall–Kier alpha value is -3.42. The van der Waals surface area contributed by atoms with Gasteiger partial charge in [0.25, 0.3) is 5.56 Å². The lowest BCUT2D eigenvalue weighted by atomic mass is 9.93. The summed E-state index contributed by atoms with van der Waals surface area (Å²) in [5.41, 5.74) is 0.195. The van der Waals surface area contributed by atoms with Crippen molar-refractivity contribution in [2.45, 2.75) is 72.7 Å². The van der Waals surface area contributed by atoms with Crippen molar-refractivity contribution in [3.05, 3.63) is 74.7 Å². The largest absolute Gasteiger partial charge is 0.443 e. The van der Waals surface area contributed by atoms with Crippen LogP contribution in [0.3, 0.4) is 0 Å². The Kier molecular flexibility index (Phi) is 6.22. The summed E-state index contributed by atoms with van der Waals surface area (Å²) < 4.78 is 10.4. The maximum absolute atomic E-state index is 13.7. The zero-order chi connectivity index (χ0) is 25.6. The molecule has 36 heavy (non-hydrogen) atoms. The van der Waals surface area contributed by atoms with Gasteiger partial charge < -0.3 is 4.74 Å². The van der Waals surface area contributed by atoms with Gasteiger partial charge in [-0.25, -0.2) is 9.78 Å². The molecule has 3 aromatic rings. The van der Waals surface area contributed by atoms with Crippen LogP contribution in [0.15, 0.2) is 52.1 Å². The van der Waals surface area contributed by atoms with E-state index in [4.69, 9.17) is 9.72 Å². The summed E-state index contributed by atoms with van der Waals surface area (Å²) in [5.74, 6) is 1.30. The first kappa shape index (κ1) is 24.3. The fourth-order valence-corrected chi connectivity index (χ4v) is 5.47. The number of esters is 1. The minimum atomic E-state index is -0.677. The SMILES string of the molecule is CCCn1c(=O)c2c(nc([C@@H]3C[C@@H]4C=C[C@H]3C4)n2COC(=O)C(C)(C)C)n(Cc2ccccc2)c1=O. The summed E-state index contributed by atoms with van der Waals surface area (Å²) in [6, 6.07) is 9.70. The van der Waals surface area contributed by atoms with Gasteiger partial charge in [0.05, 0.1) is 12.0 Å². The van der Waals surface area contributed by atoms with Crippen LogP contribution in [0, 0.1) is 17.3 Å². The lowest BCUT2D eigenvalue weighted by Crippen LogP contribution is -2.41. The van der Waals surface area contributed by atoms with Gasteiger partial charge in [-0.3, -0.25) is 23.3 Å². The molecule has 1 fully saturated rings. The number of carbonyl (C=O) groups excluding carboxylic acids is 1. The summed E-state index contributed by atoms with van der Waals surface area (Å²) in [7, 11) is 0. The molecule has 2 aromatic heterocycles. The van der Waals surface area contributed by atoms with Crippen LogP contribution in [0.1, 0.15) is 64.3 Å². The Morgan fingerprint density at radius 3 is 2.42 bits per heavy atom. The number of imidazole rings is 1. The monoisotopic (exact) mass is 490 g/mol. The Morgan fingerprint density at radius 2 is 1.81 bits per heavy atom. The maximum atomic E-state index is 13.7. The van der Waals surface area contributed by atoms with Gasteiger partial charge in [-0.05, 0) is 57.4 Å². The highest BCUT2D eigenvalue weighted by Crippen LogP contribution is 2.48. The highest BCUT2D eigenvalue weighted by atomic mass is 16.5. The molecule has 1 saturated carbocycles. The summed E-state index contributed by atoms with van der Waals surface area (Å²) in [6.07, 6.45) is 7.13. The molecule has 0 unspecified atom stereocenters. The first-order valence-corrected chi connectivity index (χ1v) is 12.8. The third-order valence-electron chi connectivity index (χ3n) is 7.32. The summed E-state index contributed by atoms with van der Waals surface area (Å²) in [4.78, 5) is 44.9. The summed E-state index contributed by atoms with van der Waals surface area (Å²) in [6.45, 7) is 7.84. The molecule has 0 N–H and O–H groups in total. The van der Waals surface area contributed by atoms with Crippen molar-refractivity contribution in [2.75, 3.05) is 0 Å². The molecule has 3 atom stereocenters. The quantitative estimate of drug-likeness (QED) is 0.368. The molecule has 8 nitrogen and oxygen atoms in total. The van der Waals surface area contributed by atoms with Crippen LogP contribution in [-0.4, -0.2) is 24.7 Å². The molecule has 190 valence electrons. The Morgan fingerprint density at radius 1 is 1.06 bits per heavy atom. The molecule has 0 aliphatic heterocycles. The van der Waals surface area contributed by atoms with Crippen molar-refractivity contribution < 1.29 is 9.53 Å². The van der Waals surface area contributed by atoms with E-state index in [1.807, 2.05) is 37.3 Å². The van der Waals surface area contributed by atoms with E-state index < -0.39 is 5.41 Å². The molecular formula is C28H34N4O4. The second-order valence-corrected chi connectivity index (χ2v) is 11.1. The summed E-state index contributed by atoms with van der Waals surface area (Å²) >= 11 is 0. The molecule has 5 rings (SSSR count).